The van der Waals surface area contributed by atoms with Crippen LogP contribution in [0.2, 0.25) is 0 Å². The van der Waals surface area contributed by atoms with Crippen molar-refractivity contribution in [2.24, 2.45) is 11.8 Å². The summed E-state index contributed by atoms with van der Waals surface area (Å²) >= 11 is 0. The van der Waals surface area contributed by atoms with Crippen molar-refractivity contribution >= 4 is 0 Å². The highest BCUT2D eigenvalue weighted by Gasteiger charge is 2.42. The molecule has 1 saturated carbocycles. The summed E-state index contributed by atoms with van der Waals surface area (Å²) < 4.78 is 3.93. The minimum absolute atomic E-state index is 0.0850. The van der Waals surface area contributed by atoms with Crippen molar-refractivity contribution in [2.75, 3.05) is 0 Å². The maximum Gasteiger partial charge on any atom is 0.328 e. The van der Waals surface area contributed by atoms with Crippen LogP contribution < -0.4 is 5.69 Å². The van der Waals surface area contributed by atoms with E-state index in [0.29, 0.717) is 30.2 Å². The molecule has 3 heterocycles. The maximum absolute atomic E-state index is 13.6. The van der Waals surface area contributed by atoms with Gasteiger partial charge < -0.3 is 0 Å². The van der Waals surface area contributed by atoms with E-state index in [0.717, 1.165) is 53.6 Å². The van der Waals surface area contributed by atoms with E-state index in [1.165, 1.54) is 0 Å². The number of benzene rings is 1. The van der Waals surface area contributed by atoms with E-state index in [1.54, 1.807) is 6.20 Å². The largest absolute Gasteiger partial charge is 0.328 e. The highest BCUT2D eigenvalue weighted by Crippen LogP contribution is 2.47. The number of nitrogens with zero attached hydrogens (tertiary/aromatic N) is 6. The highest BCUT2D eigenvalue weighted by molar-refractivity contribution is 5.81. The molecule has 4 aromatic rings. The first-order valence-electron chi connectivity index (χ1n) is 12.1. The molecule has 0 spiro atoms. The Kier molecular flexibility index (Phi) is 6.13. The molecule has 0 bridgehead atoms. The Bertz CT molecular complexity index is 1320. The van der Waals surface area contributed by atoms with Gasteiger partial charge in [0.05, 0.1) is 6.54 Å². The molecule has 34 heavy (non-hydrogen) atoms. The summed E-state index contributed by atoms with van der Waals surface area (Å²) in [5, 5.41) is 14.4. The van der Waals surface area contributed by atoms with Gasteiger partial charge in [-0.05, 0) is 64.3 Å². The summed E-state index contributed by atoms with van der Waals surface area (Å²) in [7, 11) is 0. The van der Waals surface area contributed by atoms with Crippen molar-refractivity contribution in [3.8, 4) is 22.5 Å². The van der Waals surface area contributed by atoms with Crippen LogP contribution in [-0.4, -0.2) is 34.7 Å². The van der Waals surface area contributed by atoms with E-state index in [9.17, 15) is 4.79 Å². The van der Waals surface area contributed by atoms with Crippen LogP contribution in [0.4, 0.5) is 0 Å². The van der Waals surface area contributed by atoms with Gasteiger partial charge in [-0.3, -0.25) is 14.1 Å². The molecule has 0 saturated heterocycles. The predicted molar refractivity (Wildman–Crippen MR) is 131 cm³/mol. The van der Waals surface area contributed by atoms with Crippen molar-refractivity contribution in [1.29, 1.82) is 0 Å². The van der Waals surface area contributed by atoms with Crippen LogP contribution in [0, 0.1) is 11.8 Å². The van der Waals surface area contributed by atoms with Gasteiger partial charge in [0, 0.05) is 35.9 Å². The molecule has 0 radical (unpaired) electrons. The van der Waals surface area contributed by atoms with E-state index < -0.39 is 0 Å². The molecular weight excluding hydrogens is 426 g/mol. The Morgan fingerprint density at radius 1 is 1.15 bits per heavy atom. The fourth-order valence-corrected chi connectivity index (χ4v) is 4.93. The standard InChI is InChI=1S/C26H31N7O/c1-4-5-8-19-16-33(24-13-23(24)17(2)3)26(34)32(19)15-18-14-27-12-11-20(18)21-9-6-7-10-22(21)25-28-30-31-29-25/h6-7,9-12,14,16-17,23-24H,4-5,8,13,15H2,1-3H3,(H,28,29,30,31). The lowest BCUT2D eigenvalue weighted by molar-refractivity contribution is 0.499. The van der Waals surface area contributed by atoms with E-state index >= 15 is 0 Å². The van der Waals surface area contributed by atoms with Gasteiger partial charge in [0.2, 0.25) is 0 Å². The first-order valence-corrected chi connectivity index (χ1v) is 12.1. The SMILES string of the molecule is CCCCc1cn(C2CC2C(C)C)c(=O)n1Cc1cnccc1-c1ccccc1-c1nnn[nH]1. The summed E-state index contributed by atoms with van der Waals surface area (Å²) in [5.74, 6) is 1.79. The Balaban J connectivity index is 1.55. The number of tetrazole rings is 1. The summed E-state index contributed by atoms with van der Waals surface area (Å²) in [5.41, 5.74) is 5.12. The Morgan fingerprint density at radius 2 is 1.97 bits per heavy atom. The zero-order valence-corrected chi connectivity index (χ0v) is 20.0. The van der Waals surface area contributed by atoms with Crippen molar-refractivity contribution in [3.63, 3.8) is 0 Å². The molecule has 2 atom stereocenters. The smallest absolute Gasteiger partial charge is 0.296 e. The molecule has 1 aliphatic carbocycles. The van der Waals surface area contributed by atoms with Crippen LogP contribution >= 0.6 is 0 Å². The highest BCUT2D eigenvalue weighted by atomic mass is 16.1. The third-order valence-electron chi connectivity index (χ3n) is 6.94. The monoisotopic (exact) mass is 457 g/mol. The Hall–Kier alpha value is -3.55. The fraction of sp³-hybridized carbons (Fsp3) is 0.423. The van der Waals surface area contributed by atoms with Crippen LogP contribution in [0.15, 0.2) is 53.7 Å². The molecule has 1 aliphatic rings. The second kappa shape index (κ2) is 9.37. The average Bonchev–Trinajstić information content (AvgIpc) is 3.34. The fourth-order valence-electron chi connectivity index (χ4n) is 4.93. The van der Waals surface area contributed by atoms with Gasteiger partial charge in [-0.15, -0.1) is 5.10 Å². The van der Waals surface area contributed by atoms with Gasteiger partial charge in [0.1, 0.15) is 0 Å². The summed E-state index contributed by atoms with van der Waals surface area (Å²) in [6.45, 7) is 7.15. The molecule has 5 rings (SSSR count). The van der Waals surface area contributed by atoms with Crippen molar-refractivity contribution in [3.05, 3.63) is 70.7 Å². The number of unbranched alkanes of at least 4 members (excludes halogenated alkanes) is 1. The number of H-pyrrole nitrogens is 1. The van der Waals surface area contributed by atoms with E-state index in [-0.39, 0.29) is 5.69 Å². The second-order valence-corrected chi connectivity index (χ2v) is 9.54. The average molecular weight is 458 g/mol. The van der Waals surface area contributed by atoms with E-state index in [2.05, 4.69) is 58.6 Å². The van der Waals surface area contributed by atoms with Crippen molar-refractivity contribution in [2.45, 2.75) is 59.0 Å². The van der Waals surface area contributed by atoms with Gasteiger partial charge in [0.25, 0.3) is 0 Å². The quantitative estimate of drug-likeness (QED) is 0.399. The van der Waals surface area contributed by atoms with Crippen LogP contribution in [-0.2, 0) is 13.0 Å². The molecule has 3 aromatic heterocycles. The van der Waals surface area contributed by atoms with Crippen molar-refractivity contribution in [1.82, 2.24) is 34.7 Å². The normalized spacial score (nSPS) is 17.4. The minimum atomic E-state index is 0.0850. The van der Waals surface area contributed by atoms with Gasteiger partial charge in [-0.25, -0.2) is 9.89 Å². The van der Waals surface area contributed by atoms with Gasteiger partial charge >= 0.3 is 5.69 Å². The lowest BCUT2D eigenvalue weighted by Crippen LogP contribution is -2.26. The zero-order chi connectivity index (χ0) is 23.7. The van der Waals surface area contributed by atoms with E-state index in [4.69, 9.17) is 0 Å². The number of rotatable bonds is 9. The molecule has 1 N–H and O–H groups in total. The molecule has 2 unspecified atom stereocenters. The molecule has 1 fully saturated rings. The number of hydrogen-bond acceptors (Lipinski definition) is 5. The number of aromatic amines is 1. The minimum Gasteiger partial charge on any atom is -0.296 e. The molecule has 176 valence electrons. The third kappa shape index (κ3) is 4.20. The second-order valence-electron chi connectivity index (χ2n) is 9.54. The lowest BCUT2D eigenvalue weighted by Gasteiger charge is -2.14. The number of hydrogen-bond donors (Lipinski definition) is 1. The Labute approximate surface area is 199 Å². The lowest BCUT2D eigenvalue weighted by atomic mass is 9.96. The van der Waals surface area contributed by atoms with Crippen LogP contribution in [0.3, 0.4) is 0 Å². The van der Waals surface area contributed by atoms with Crippen LogP contribution in [0.5, 0.6) is 0 Å². The number of aromatic nitrogens is 7. The number of aryl methyl sites for hydroxylation is 1. The summed E-state index contributed by atoms with van der Waals surface area (Å²) in [6, 6.07) is 10.3. The molecular formula is C26H31N7O. The van der Waals surface area contributed by atoms with Gasteiger partial charge in [-0.2, -0.15) is 0 Å². The zero-order valence-electron chi connectivity index (χ0n) is 20.0. The van der Waals surface area contributed by atoms with Crippen LogP contribution in [0.1, 0.15) is 57.3 Å². The topological polar surface area (TPSA) is 94.3 Å². The number of nitrogens with one attached hydrogen (secondary N) is 1. The molecule has 0 amide bonds. The first-order chi connectivity index (χ1) is 16.6. The van der Waals surface area contributed by atoms with Gasteiger partial charge in [0.15, 0.2) is 5.82 Å². The van der Waals surface area contributed by atoms with Gasteiger partial charge in [-0.1, -0.05) is 51.5 Å². The molecule has 8 nitrogen and oxygen atoms in total. The third-order valence-corrected chi connectivity index (χ3v) is 6.94. The molecule has 1 aromatic carbocycles. The van der Waals surface area contributed by atoms with Crippen LogP contribution in [0.25, 0.3) is 22.5 Å². The van der Waals surface area contributed by atoms with E-state index in [1.807, 2.05) is 39.6 Å². The predicted octanol–water partition coefficient (Wildman–Crippen LogP) is 4.50. The van der Waals surface area contributed by atoms with Crippen molar-refractivity contribution < 1.29 is 0 Å². The number of imidazole rings is 1. The Morgan fingerprint density at radius 3 is 2.68 bits per heavy atom. The number of pyridine rings is 1. The molecule has 0 aliphatic heterocycles. The maximum atomic E-state index is 13.6. The molecule has 8 heteroatoms. The first kappa shape index (κ1) is 22.3. The summed E-state index contributed by atoms with van der Waals surface area (Å²) in [4.78, 5) is 18.0. The summed E-state index contributed by atoms with van der Waals surface area (Å²) in [6.07, 6.45) is 9.90.